The van der Waals surface area contributed by atoms with Gasteiger partial charge in [0.15, 0.2) is 0 Å². The third kappa shape index (κ3) is 3.46. The molecule has 0 atom stereocenters. The predicted octanol–water partition coefficient (Wildman–Crippen LogP) is 3.42. The highest BCUT2D eigenvalue weighted by Crippen LogP contribution is 2.31. The lowest BCUT2D eigenvalue weighted by Crippen LogP contribution is -2.49. The number of nitro benzene ring substituents is 1. The standard InChI is InChI=1S/C17H18ClN3O4/c1-11-9-14(12(2)25-11)17(22)20-7-5-19(6-8-20)15-4-3-13(18)10-16(15)21(23)24/h3-4,9-10H,5-8H2,1-2H3. The molecule has 0 bridgehead atoms. The second-order valence-electron chi connectivity index (χ2n) is 6.00. The summed E-state index contributed by atoms with van der Waals surface area (Å²) in [6, 6.07) is 6.39. The fourth-order valence-electron chi connectivity index (χ4n) is 3.07. The SMILES string of the molecule is Cc1cc(C(=O)N2CCN(c3ccc(Cl)cc3[N+](=O)[O-])CC2)c(C)o1. The number of benzene rings is 1. The first-order chi connectivity index (χ1) is 11.9. The van der Waals surface area contributed by atoms with E-state index < -0.39 is 4.92 Å². The topological polar surface area (TPSA) is 79.8 Å². The van der Waals surface area contributed by atoms with Crippen LogP contribution in [0.2, 0.25) is 5.02 Å². The molecule has 0 N–H and O–H groups in total. The molecule has 1 aliphatic heterocycles. The van der Waals surface area contributed by atoms with Gasteiger partial charge in [-0.05, 0) is 32.0 Å². The summed E-state index contributed by atoms with van der Waals surface area (Å²) in [7, 11) is 0. The number of halogens is 1. The van der Waals surface area contributed by atoms with Crippen LogP contribution in [0.4, 0.5) is 11.4 Å². The molecular weight excluding hydrogens is 346 g/mol. The maximum absolute atomic E-state index is 12.6. The molecule has 0 radical (unpaired) electrons. The molecule has 2 aromatic rings. The normalized spacial score (nSPS) is 14.7. The van der Waals surface area contributed by atoms with Gasteiger partial charge in [0.1, 0.15) is 17.2 Å². The number of hydrogen-bond donors (Lipinski definition) is 0. The van der Waals surface area contributed by atoms with Crippen molar-refractivity contribution in [3.05, 3.63) is 56.5 Å². The minimum atomic E-state index is -0.434. The number of anilines is 1. The van der Waals surface area contributed by atoms with Gasteiger partial charge in [0.25, 0.3) is 11.6 Å². The summed E-state index contributed by atoms with van der Waals surface area (Å²) < 4.78 is 5.42. The van der Waals surface area contributed by atoms with Crippen LogP contribution in [-0.2, 0) is 0 Å². The van der Waals surface area contributed by atoms with Crippen molar-refractivity contribution < 1.29 is 14.1 Å². The minimum Gasteiger partial charge on any atom is -0.466 e. The van der Waals surface area contributed by atoms with Gasteiger partial charge in [-0.3, -0.25) is 14.9 Å². The third-order valence-electron chi connectivity index (χ3n) is 4.31. The average Bonchev–Trinajstić information content (AvgIpc) is 2.92. The zero-order valence-electron chi connectivity index (χ0n) is 14.0. The van der Waals surface area contributed by atoms with Crippen LogP contribution in [0.3, 0.4) is 0 Å². The van der Waals surface area contributed by atoms with Crippen LogP contribution in [0.5, 0.6) is 0 Å². The second kappa shape index (κ2) is 6.76. The Morgan fingerprint density at radius 2 is 1.88 bits per heavy atom. The monoisotopic (exact) mass is 363 g/mol. The minimum absolute atomic E-state index is 0.0198. The lowest BCUT2D eigenvalue weighted by Gasteiger charge is -2.35. The lowest BCUT2D eigenvalue weighted by atomic mass is 10.1. The van der Waals surface area contributed by atoms with Crippen molar-refractivity contribution in [1.29, 1.82) is 0 Å². The Morgan fingerprint density at radius 1 is 1.20 bits per heavy atom. The molecule has 1 saturated heterocycles. The van der Waals surface area contributed by atoms with E-state index in [-0.39, 0.29) is 11.6 Å². The van der Waals surface area contributed by atoms with Crippen LogP contribution in [0.25, 0.3) is 0 Å². The third-order valence-corrected chi connectivity index (χ3v) is 4.55. The molecule has 0 unspecified atom stereocenters. The Kier molecular flexibility index (Phi) is 4.67. The molecule has 7 nitrogen and oxygen atoms in total. The number of amides is 1. The number of piperazine rings is 1. The fraction of sp³-hybridized carbons (Fsp3) is 0.353. The number of furan rings is 1. The van der Waals surface area contributed by atoms with E-state index >= 15 is 0 Å². The van der Waals surface area contributed by atoms with Crippen molar-refractivity contribution >= 4 is 28.9 Å². The summed E-state index contributed by atoms with van der Waals surface area (Å²) in [6.45, 7) is 5.59. The van der Waals surface area contributed by atoms with Gasteiger partial charge < -0.3 is 14.2 Å². The molecule has 1 fully saturated rings. The summed E-state index contributed by atoms with van der Waals surface area (Å²) >= 11 is 5.86. The highest BCUT2D eigenvalue weighted by atomic mass is 35.5. The number of nitrogens with zero attached hydrogens (tertiary/aromatic N) is 3. The Balaban J connectivity index is 1.73. The maximum Gasteiger partial charge on any atom is 0.294 e. The molecule has 1 aromatic carbocycles. The van der Waals surface area contributed by atoms with Crippen molar-refractivity contribution in [2.75, 3.05) is 31.1 Å². The van der Waals surface area contributed by atoms with Crippen LogP contribution >= 0.6 is 11.6 Å². The first kappa shape index (κ1) is 17.3. The molecule has 0 saturated carbocycles. The van der Waals surface area contributed by atoms with Crippen LogP contribution < -0.4 is 4.90 Å². The van der Waals surface area contributed by atoms with Crippen molar-refractivity contribution in [2.24, 2.45) is 0 Å². The summed E-state index contributed by atoms with van der Waals surface area (Å²) in [5.41, 5.74) is 1.08. The number of rotatable bonds is 3. The van der Waals surface area contributed by atoms with Gasteiger partial charge in [-0.2, -0.15) is 0 Å². The van der Waals surface area contributed by atoms with E-state index in [1.54, 1.807) is 36.9 Å². The maximum atomic E-state index is 12.6. The number of carbonyl (C=O) groups excluding carboxylic acids is 1. The molecule has 2 heterocycles. The zero-order valence-corrected chi connectivity index (χ0v) is 14.7. The average molecular weight is 364 g/mol. The van der Waals surface area contributed by atoms with Gasteiger partial charge in [-0.15, -0.1) is 0 Å². The Labute approximate surface area is 149 Å². The zero-order chi connectivity index (χ0) is 18.1. The molecule has 0 spiro atoms. The smallest absolute Gasteiger partial charge is 0.294 e. The van der Waals surface area contributed by atoms with E-state index in [0.29, 0.717) is 54.0 Å². The van der Waals surface area contributed by atoms with Crippen LogP contribution in [-0.4, -0.2) is 41.9 Å². The van der Waals surface area contributed by atoms with Gasteiger partial charge in [0, 0.05) is 37.3 Å². The highest BCUT2D eigenvalue weighted by Gasteiger charge is 2.27. The van der Waals surface area contributed by atoms with Crippen molar-refractivity contribution in [3.63, 3.8) is 0 Å². The number of nitro groups is 1. The molecule has 1 amide bonds. The Bertz CT molecular complexity index is 825. The quantitative estimate of drug-likeness (QED) is 0.616. The van der Waals surface area contributed by atoms with E-state index in [4.69, 9.17) is 16.0 Å². The number of carbonyl (C=O) groups is 1. The molecule has 1 aliphatic rings. The number of aryl methyl sites for hydroxylation is 2. The van der Waals surface area contributed by atoms with E-state index in [1.165, 1.54) is 6.07 Å². The molecule has 132 valence electrons. The molecule has 25 heavy (non-hydrogen) atoms. The largest absolute Gasteiger partial charge is 0.466 e. The van der Waals surface area contributed by atoms with Crippen LogP contribution in [0.15, 0.2) is 28.7 Å². The van der Waals surface area contributed by atoms with E-state index in [1.807, 2.05) is 4.90 Å². The van der Waals surface area contributed by atoms with E-state index in [0.717, 1.165) is 0 Å². The summed E-state index contributed by atoms with van der Waals surface area (Å²) in [5, 5.41) is 11.6. The van der Waals surface area contributed by atoms with Gasteiger partial charge >= 0.3 is 0 Å². The van der Waals surface area contributed by atoms with Crippen LogP contribution in [0.1, 0.15) is 21.9 Å². The Morgan fingerprint density at radius 3 is 2.44 bits per heavy atom. The van der Waals surface area contributed by atoms with Gasteiger partial charge in [-0.1, -0.05) is 11.6 Å². The fourth-order valence-corrected chi connectivity index (χ4v) is 3.24. The number of hydrogen-bond acceptors (Lipinski definition) is 5. The van der Waals surface area contributed by atoms with E-state index in [9.17, 15) is 14.9 Å². The van der Waals surface area contributed by atoms with Gasteiger partial charge in [0.05, 0.1) is 10.5 Å². The second-order valence-corrected chi connectivity index (χ2v) is 6.43. The van der Waals surface area contributed by atoms with Crippen LogP contribution in [0, 0.1) is 24.0 Å². The van der Waals surface area contributed by atoms with Crippen molar-refractivity contribution in [2.45, 2.75) is 13.8 Å². The summed E-state index contributed by atoms with van der Waals surface area (Å²) in [6.07, 6.45) is 0. The molecule has 1 aromatic heterocycles. The van der Waals surface area contributed by atoms with Gasteiger partial charge in [0.2, 0.25) is 0 Å². The molecule has 8 heteroatoms. The van der Waals surface area contributed by atoms with Crippen molar-refractivity contribution in [1.82, 2.24) is 4.90 Å². The Hall–Kier alpha value is -2.54. The molecule has 0 aliphatic carbocycles. The predicted molar refractivity (Wildman–Crippen MR) is 94.4 cm³/mol. The first-order valence-corrected chi connectivity index (χ1v) is 8.30. The first-order valence-electron chi connectivity index (χ1n) is 7.92. The molecular formula is C17H18ClN3O4. The highest BCUT2D eigenvalue weighted by molar-refractivity contribution is 6.30. The summed E-state index contributed by atoms with van der Waals surface area (Å²) in [5.74, 6) is 1.24. The summed E-state index contributed by atoms with van der Waals surface area (Å²) in [4.78, 5) is 27.1. The molecule has 3 rings (SSSR count). The van der Waals surface area contributed by atoms with E-state index in [2.05, 4.69) is 0 Å². The van der Waals surface area contributed by atoms with Gasteiger partial charge in [-0.25, -0.2) is 0 Å². The lowest BCUT2D eigenvalue weighted by molar-refractivity contribution is -0.384. The van der Waals surface area contributed by atoms with Crippen molar-refractivity contribution in [3.8, 4) is 0 Å².